The van der Waals surface area contributed by atoms with E-state index in [-0.39, 0.29) is 30.0 Å². The lowest BCUT2D eigenvalue weighted by Gasteiger charge is -2.32. The van der Waals surface area contributed by atoms with E-state index < -0.39 is 0 Å². The average Bonchev–Trinajstić information content (AvgIpc) is 3.10. The molecule has 0 spiro atoms. The van der Waals surface area contributed by atoms with E-state index in [0.29, 0.717) is 19.0 Å². The van der Waals surface area contributed by atoms with Gasteiger partial charge in [0.1, 0.15) is 12.1 Å². The maximum atomic E-state index is 12.9. The molecule has 8 heteroatoms. The highest BCUT2D eigenvalue weighted by atomic mass is 19.1. The number of aromatic amines is 1. The topological polar surface area (TPSA) is 91.0 Å². The lowest BCUT2D eigenvalue weighted by atomic mass is 9.96. The van der Waals surface area contributed by atoms with Crippen molar-refractivity contribution in [2.24, 2.45) is 5.92 Å². The summed E-state index contributed by atoms with van der Waals surface area (Å²) in [5, 5.41) is 8.91. The molecule has 7 nitrogen and oxygen atoms in total. The van der Waals surface area contributed by atoms with Gasteiger partial charge in [0.25, 0.3) is 0 Å². The smallest absolute Gasteiger partial charge is 0.231 e. The number of benzene rings is 1. The summed E-state index contributed by atoms with van der Waals surface area (Å²) >= 11 is 0. The molecule has 1 unspecified atom stereocenters. The van der Waals surface area contributed by atoms with E-state index in [1.807, 2.05) is 0 Å². The maximum absolute atomic E-state index is 12.9. The molecule has 126 valence electrons. The fraction of sp³-hybridized carbons (Fsp3) is 0.375. The Hall–Kier alpha value is -2.77. The number of hydrogen-bond donors (Lipinski definition) is 2. The number of piperidine rings is 1. The van der Waals surface area contributed by atoms with Crippen molar-refractivity contribution in [2.75, 3.05) is 18.4 Å². The number of anilines is 1. The van der Waals surface area contributed by atoms with Crippen molar-refractivity contribution >= 4 is 17.8 Å². The number of nitrogens with zero attached hydrogens (tertiary/aromatic N) is 3. The second-order valence-electron chi connectivity index (χ2n) is 5.81. The third kappa shape index (κ3) is 3.95. The Morgan fingerprint density at radius 1 is 1.33 bits per heavy atom. The van der Waals surface area contributed by atoms with Gasteiger partial charge in [-0.1, -0.05) is 12.1 Å². The van der Waals surface area contributed by atoms with Crippen LogP contribution in [0.5, 0.6) is 0 Å². The van der Waals surface area contributed by atoms with E-state index in [1.165, 1.54) is 18.5 Å². The highest BCUT2D eigenvalue weighted by Crippen LogP contribution is 2.19. The van der Waals surface area contributed by atoms with Crippen LogP contribution in [0.3, 0.4) is 0 Å². The molecular formula is C16H18FN5O2. The van der Waals surface area contributed by atoms with E-state index in [0.717, 1.165) is 18.4 Å². The van der Waals surface area contributed by atoms with Gasteiger partial charge in [-0.3, -0.25) is 14.9 Å². The van der Waals surface area contributed by atoms with Crippen LogP contribution in [-0.4, -0.2) is 45.0 Å². The van der Waals surface area contributed by atoms with Gasteiger partial charge >= 0.3 is 0 Å². The second kappa shape index (κ2) is 7.20. The van der Waals surface area contributed by atoms with E-state index >= 15 is 0 Å². The van der Waals surface area contributed by atoms with Gasteiger partial charge in [0, 0.05) is 13.1 Å². The molecule has 0 saturated carbocycles. The monoisotopic (exact) mass is 331 g/mol. The Morgan fingerprint density at radius 2 is 2.12 bits per heavy atom. The highest BCUT2D eigenvalue weighted by Gasteiger charge is 2.28. The molecule has 1 fully saturated rings. The standard InChI is InChI=1S/C16H18FN5O2/c17-13-5-3-11(4-6-13)8-14(23)22-7-1-2-12(9-22)15(24)20-16-18-10-19-21-16/h3-6,10,12H,1-2,7-9H2,(H2,18,19,20,21,24). The number of hydrogen-bond acceptors (Lipinski definition) is 4. The molecule has 2 aromatic rings. The Kier molecular flexibility index (Phi) is 4.83. The first-order chi connectivity index (χ1) is 11.6. The van der Waals surface area contributed by atoms with Crippen molar-refractivity contribution in [1.29, 1.82) is 0 Å². The van der Waals surface area contributed by atoms with Crippen LogP contribution in [0.4, 0.5) is 10.3 Å². The van der Waals surface area contributed by atoms with Crippen LogP contribution in [0, 0.1) is 11.7 Å². The molecular weight excluding hydrogens is 313 g/mol. The second-order valence-corrected chi connectivity index (χ2v) is 5.81. The van der Waals surface area contributed by atoms with Crippen molar-refractivity contribution < 1.29 is 14.0 Å². The van der Waals surface area contributed by atoms with Gasteiger partial charge < -0.3 is 4.90 Å². The molecule has 1 aliphatic rings. The summed E-state index contributed by atoms with van der Waals surface area (Å²) in [5.74, 6) is -0.533. The summed E-state index contributed by atoms with van der Waals surface area (Å²) in [4.78, 5) is 30.2. The molecule has 0 bridgehead atoms. The molecule has 1 aromatic heterocycles. The fourth-order valence-electron chi connectivity index (χ4n) is 2.79. The zero-order valence-corrected chi connectivity index (χ0v) is 13.0. The van der Waals surface area contributed by atoms with Gasteiger partial charge in [0.15, 0.2) is 0 Å². The first-order valence-corrected chi connectivity index (χ1v) is 7.80. The molecule has 3 rings (SSSR count). The van der Waals surface area contributed by atoms with Gasteiger partial charge in [-0.2, -0.15) is 10.1 Å². The first kappa shape index (κ1) is 16.1. The summed E-state index contributed by atoms with van der Waals surface area (Å²) in [6.45, 7) is 1.01. The largest absolute Gasteiger partial charge is 0.342 e. The number of halogens is 1. The summed E-state index contributed by atoms with van der Waals surface area (Å²) in [6.07, 6.45) is 3.01. The highest BCUT2D eigenvalue weighted by molar-refractivity contribution is 5.91. The van der Waals surface area contributed by atoms with E-state index in [1.54, 1.807) is 17.0 Å². The maximum Gasteiger partial charge on any atom is 0.231 e. The average molecular weight is 331 g/mol. The Labute approximate surface area is 138 Å². The summed E-state index contributed by atoms with van der Waals surface area (Å²) < 4.78 is 12.9. The van der Waals surface area contributed by atoms with Gasteiger partial charge in [0.05, 0.1) is 12.3 Å². The van der Waals surface area contributed by atoms with Gasteiger partial charge in [-0.05, 0) is 30.5 Å². The number of carbonyl (C=O) groups is 2. The lowest BCUT2D eigenvalue weighted by molar-refractivity contribution is -0.133. The Bertz CT molecular complexity index is 702. The molecule has 0 aliphatic carbocycles. The van der Waals surface area contributed by atoms with Gasteiger partial charge in [-0.25, -0.2) is 9.49 Å². The van der Waals surface area contributed by atoms with Crippen LogP contribution >= 0.6 is 0 Å². The lowest BCUT2D eigenvalue weighted by Crippen LogP contribution is -2.44. The predicted molar refractivity (Wildman–Crippen MR) is 84.4 cm³/mol. The zero-order chi connectivity index (χ0) is 16.9. The number of carbonyl (C=O) groups excluding carboxylic acids is 2. The zero-order valence-electron chi connectivity index (χ0n) is 13.0. The van der Waals surface area contributed by atoms with Crippen molar-refractivity contribution in [3.05, 3.63) is 42.0 Å². The number of likely N-dealkylation sites (tertiary alicyclic amines) is 1. The molecule has 2 heterocycles. The molecule has 1 atom stereocenters. The van der Waals surface area contributed by atoms with Gasteiger partial charge in [0.2, 0.25) is 17.8 Å². The summed E-state index contributed by atoms with van der Waals surface area (Å²) in [5.41, 5.74) is 0.759. The molecule has 2 amide bonds. The number of H-pyrrole nitrogens is 1. The fourth-order valence-corrected chi connectivity index (χ4v) is 2.79. The van der Waals surface area contributed by atoms with E-state index in [4.69, 9.17) is 0 Å². The molecule has 1 aromatic carbocycles. The van der Waals surface area contributed by atoms with E-state index in [2.05, 4.69) is 20.5 Å². The van der Waals surface area contributed by atoms with Crippen LogP contribution in [0.15, 0.2) is 30.6 Å². The minimum absolute atomic E-state index is 0.0567. The minimum atomic E-state index is -0.326. The van der Waals surface area contributed by atoms with Gasteiger partial charge in [-0.15, -0.1) is 0 Å². The molecule has 1 saturated heterocycles. The third-order valence-corrected chi connectivity index (χ3v) is 4.07. The van der Waals surface area contributed by atoms with Crippen molar-refractivity contribution in [3.8, 4) is 0 Å². The number of rotatable bonds is 4. The van der Waals surface area contributed by atoms with Crippen LogP contribution in [0.25, 0.3) is 0 Å². The third-order valence-electron chi connectivity index (χ3n) is 4.07. The summed E-state index contributed by atoms with van der Waals surface area (Å²) in [7, 11) is 0. The van der Waals surface area contributed by atoms with E-state index in [9.17, 15) is 14.0 Å². The van der Waals surface area contributed by atoms with Crippen molar-refractivity contribution in [2.45, 2.75) is 19.3 Å². The van der Waals surface area contributed by atoms with Crippen molar-refractivity contribution in [3.63, 3.8) is 0 Å². The predicted octanol–water partition coefficient (Wildman–Crippen LogP) is 1.36. The van der Waals surface area contributed by atoms with Crippen LogP contribution in [-0.2, 0) is 16.0 Å². The van der Waals surface area contributed by atoms with Crippen LogP contribution in [0.1, 0.15) is 18.4 Å². The van der Waals surface area contributed by atoms with Crippen LogP contribution < -0.4 is 5.32 Å². The summed E-state index contributed by atoms with van der Waals surface area (Å²) in [6, 6.07) is 5.88. The number of aromatic nitrogens is 3. The first-order valence-electron chi connectivity index (χ1n) is 7.80. The van der Waals surface area contributed by atoms with Crippen LogP contribution in [0.2, 0.25) is 0 Å². The number of nitrogens with one attached hydrogen (secondary N) is 2. The number of amides is 2. The van der Waals surface area contributed by atoms with Crippen molar-refractivity contribution in [1.82, 2.24) is 20.1 Å². The molecule has 24 heavy (non-hydrogen) atoms. The molecule has 1 aliphatic heterocycles. The molecule has 2 N–H and O–H groups in total. The molecule has 0 radical (unpaired) electrons. The SMILES string of the molecule is O=C(Nc1ncn[nH]1)C1CCCN(C(=O)Cc2ccc(F)cc2)C1. The Morgan fingerprint density at radius 3 is 2.83 bits per heavy atom. The Balaban J connectivity index is 1.57. The normalized spacial score (nSPS) is 17.5. The minimum Gasteiger partial charge on any atom is -0.342 e. The quantitative estimate of drug-likeness (QED) is 0.885.